The van der Waals surface area contributed by atoms with E-state index in [9.17, 15) is 13.6 Å². The largest absolute Gasteiger partial charge is 0.376 e. The first-order valence-corrected chi connectivity index (χ1v) is 7.60. The van der Waals surface area contributed by atoms with Gasteiger partial charge in [-0.2, -0.15) is 0 Å². The van der Waals surface area contributed by atoms with E-state index in [-0.39, 0.29) is 30.0 Å². The molecule has 3 rings (SSSR count). The Morgan fingerprint density at radius 1 is 1.41 bits per heavy atom. The molecule has 2 aliphatic rings. The maximum absolute atomic E-state index is 13.6. The summed E-state index contributed by atoms with van der Waals surface area (Å²) in [4.78, 5) is 14.4. The van der Waals surface area contributed by atoms with Gasteiger partial charge < -0.3 is 10.1 Å². The number of rotatable bonds is 3. The average molecular weight is 310 g/mol. The number of hydrogen-bond acceptors (Lipinski definition) is 3. The SMILES string of the molecule is C[C@H]1CN2C[C@H](NC(=O)Cc3ccc(F)cc3F)C[C@H]2CO1. The molecule has 2 heterocycles. The summed E-state index contributed by atoms with van der Waals surface area (Å²) < 4.78 is 32.0. The Balaban J connectivity index is 1.54. The highest BCUT2D eigenvalue weighted by Crippen LogP contribution is 2.23. The molecule has 3 atom stereocenters. The molecule has 120 valence electrons. The van der Waals surface area contributed by atoms with Gasteiger partial charge in [0.2, 0.25) is 5.91 Å². The molecule has 1 N–H and O–H groups in total. The van der Waals surface area contributed by atoms with Gasteiger partial charge in [0.1, 0.15) is 11.6 Å². The van der Waals surface area contributed by atoms with Crippen LogP contribution in [-0.2, 0) is 16.0 Å². The van der Waals surface area contributed by atoms with Crippen LogP contribution in [0.15, 0.2) is 18.2 Å². The predicted molar refractivity (Wildman–Crippen MR) is 77.4 cm³/mol. The minimum atomic E-state index is -0.679. The molecule has 0 aromatic heterocycles. The number of nitrogens with one attached hydrogen (secondary N) is 1. The van der Waals surface area contributed by atoms with E-state index >= 15 is 0 Å². The Labute approximate surface area is 128 Å². The zero-order chi connectivity index (χ0) is 15.7. The maximum atomic E-state index is 13.6. The summed E-state index contributed by atoms with van der Waals surface area (Å²) in [6.45, 7) is 4.42. The monoisotopic (exact) mass is 310 g/mol. The van der Waals surface area contributed by atoms with Crippen molar-refractivity contribution in [3.63, 3.8) is 0 Å². The Bertz CT molecular complexity index is 567. The van der Waals surface area contributed by atoms with E-state index in [0.29, 0.717) is 12.6 Å². The van der Waals surface area contributed by atoms with E-state index in [0.717, 1.165) is 25.6 Å². The van der Waals surface area contributed by atoms with Crippen LogP contribution in [0, 0.1) is 11.6 Å². The molecule has 22 heavy (non-hydrogen) atoms. The summed E-state index contributed by atoms with van der Waals surface area (Å²) in [6, 6.07) is 3.70. The number of amides is 1. The van der Waals surface area contributed by atoms with Crippen molar-refractivity contribution in [2.75, 3.05) is 19.7 Å². The number of carbonyl (C=O) groups is 1. The molecule has 1 aromatic rings. The molecule has 0 spiro atoms. The van der Waals surface area contributed by atoms with Gasteiger partial charge in [-0.25, -0.2) is 8.78 Å². The van der Waals surface area contributed by atoms with Crippen molar-refractivity contribution in [2.45, 2.75) is 38.0 Å². The van der Waals surface area contributed by atoms with E-state index in [1.807, 2.05) is 6.92 Å². The van der Waals surface area contributed by atoms with Gasteiger partial charge in [-0.3, -0.25) is 9.69 Å². The molecule has 2 aliphatic heterocycles. The van der Waals surface area contributed by atoms with Crippen molar-refractivity contribution >= 4 is 5.91 Å². The number of hydrogen-bond donors (Lipinski definition) is 1. The summed E-state index contributed by atoms with van der Waals surface area (Å²) in [5.74, 6) is -1.55. The van der Waals surface area contributed by atoms with Crippen LogP contribution in [0.4, 0.5) is 8.78 Å². The second-order valence-electron chi connectivity index (χ2n) is 6.16. The van der Waals surface area contributed by atoms with Crippen LogP contribution < -0.4 is 5.32 Å². The third-order valence-electron chi connectivity index (χ3n) is 4.32. The lowest BCUT2D eigenvalue weighted by atomic mass is 10.1. The highest BCUT2D eigenvalue weighted by atomic mass is 19.1. The first-order valence-electron chi connectivity index (χ1n) is 7.60. The number of fused-ring (bicyclic) bond motifs is 1. The third kappa shape index (κ3) is 3.44. The standard InChI is InChI=1S/C16H20F2N2O2/c1-10-7-20-8-13(6-14(20)9-22-10)19-16(21)4-11-2-3-12(17)5-15(11)18/h2-3,5,10,13-14H,4,6-9H2,1H3,(H,19,21)/t10-,13+,14-/m0/s1. The number of ether oxygens (including phenoxy) is 1. The first kappa shape index (κ1) is 15.4. The lowest BCUT2D eigenvalue weighted by Gasteiger charge is -2.33. The van der Waals surface area contributed by atoms with Gasteiger partial charge in [-0.1, -0.05) is 6.07 Å². The van der Waals surface area contributed by atoms with E-state index in [2.05, 4.69) is 10.2 Å². The van der Waals surface area contributed by atoms with Crippen LogP contribution in [0.25, 0.3) is 0 Å². The zero-order valence-corrected chi connectivity index (χ0v) is 12.5. The van der Waals surface area contributed by atoms with Crippen LogP contribution in [0.2, 0.25) is 0 Å². The van der Waals surface area contributed by atoms with Crippen LogP contribution >= 0.6 is 0 Å². The van der Waals surface area contributed by atoms with E-state index in [1.165, 1.54) is 12.1 Å². The summed E-state index contributed by atoms with van der Waals surface area (Å²) in [5, 5.41) is 2.94. The van der Waals surface area contributed by atoms with Crippen LogP contribution in [0.5, 0.6) is 0 Å². The lowest BCUT2D eigenvalue weighted by Crippen LogP contribution is -2.45. The topological polar surface area (TPSA) is 41.6 Å². The second-order valence-corrected chi connectivity index (χ2v) is 6.16. The fraction of sp³-hybridized carbons (Fsp3) is 0.562. The third-order valence-corrected chi connectivity index (χ3v) is 4.32. The van der Waals surface area contributed by atoms with Crippen molar-refractivity contribution in [2.24, 2.45) is 0 Å². The van der Waals surface area contributed by atoms with Gasteiger partial charge in [0.05, 0.1) is 19.1 Å². The van der Waals surface area contributed by atoms with Crippen molar-refractivity contribution < 1.29 is 18.3 Å². The van der Waals surface area contributed by atoms with Crippen LogP contribution in [0.1, 0.15) is 18.9 Å². The van der Waals surface area contributed by atoms with Gasteiger partial charge in [-0.05, 0) is 25.0 Å². The predicted octanol–water partition coefficient (Wildman–Crippen LogP) is 1.49. The van der Waals surface area contributed by atoms with Gasteiger partial charge >= 0.3 is 0 Å². The second kappa shape index (κ2) is 6.30. The minimum Gasteiger partial charge on any atom is -0.376 e. The fourth-order valence-electron chi connectivity index (χ4n) is 3.26. The number of halogens is 2. The summed E-state index contributed by atoms with van der Waals surface area (Å²) in [7, 11) is 0. The van der Waals surface area contributed by atoms with Gasteiger partial charge in [0.15, 0.2) is 0 Å². The molecule has 6 heteroatoms. The van der Waals surface area contributed by atoms with E-state index in [1.54, 1.807) is 0 Å². The molecule has 0 unspecified atom stereocenters. The summed E-state index contributed by atoms with van der Waals surface area (Å²) in [6.07, 6.45) is 1.00. The lowest BCUT2D eigenvalue weighted by molar-refractivity contribution is -0.121. The molecule has 1 aromatic carbocycles. The average Bonchev–Trinajstić information content (AvgIpc) is 2.83. The Morgan fingerprint density at radius 2 is 2.23 bits per heavy atom. The number of morpholine rings is 1. The summed E-state index contributed by atoms with van der Waals surface area (Å²) >= 11 is 0. The molecule has 2 fully saturated rings. The number of nitrogens with zero attached hydrogens (tertiary/aromatic N) is 1. The normalized spacial score (nSPS) is 28.4. The number of carbonyl (C=O) groups excluding carboxylic acids is 1. The molecule has 0 saturated carbocycles. The van der Waals surface area contributed by atoms with Crippen molar-refractivity contribution in [3.8, 4) is 0 Å². The van der Waals surface area contributed by atoms with Crippen LogP contribution in [0.3, 0.4) is 0 Å². The van der Waals surface area contributed by atoms with Crippen molar-refractivity contribution in [3.05, 3.63) is 35.4 Å². The highest BCUT2D eigenvalue weighted by molar-refractivity contribution is 5.79. The molecule has 0 radical (unpaired) electrons. The quantitative estimate of drug-likeness (QED) is 0.919. The van der Waals surface area contributed by atoms with Gasteiger partial charge in [-0.15, -0.1) is 0 Å². The molecular formula is C16H20F2N2O2. The number of benzene rings is 1. The molecule has 4 nitrogen and oxygen atoms in total. The summed E-state index contributed by atoms with van der Waals surface area (Å²) in [5.41, 5.74) is 0.214. The first-order chi connectivity index (χ1) is 10.5. The minimum absolute atomic E-state index is 0.0647. The molecule has 2 saturated heterocycles. The molecule has 0 bridgehead atoms. The zero-order valence-electron chi connectivity index (χ0n) is 12.5. The molecule has 1 amide bonds. The Hall–Kier alpha value is -1.53. The molecule has 0 aliphatic carbocycles. The van der Waals surface area contributed by atoms with Crippen molar-refractivity contribution in [1.82, 2.24) is 10.2 Å². The van der Waals surface area contributed by atoms with Crippen molar-refractivity contribution in [1.29, 1.82) is 0 Å². The Kier molecular flexibility index (Phi) is 4.40. The van der Waals surface area contributed by atoms with Gasteiger partial charge in [0, 0.05) is 31.2 Å². The highest BCUT2D eigenvalue weighted by Gasteiger charge is 2.36. The van der Waals surface area contributed by atoms with Gasteiger partial charge in [0.25, 0.3) is 0 Å². The molecular weight excluding hydrogens is 290 g/mol. The fourth-order valence-corrected chi connectivity index (χ4v) is 3.26. The smallest absolute Gasteiger partial charge is 0.224 e. The Morgan fingerprint density at radius 3 is 3.00 bits per heavy atom. The van der Waals surface area contributed by atoms with Crippen LogP contribution in [-0.4, -0.2) is 48.7 Å². The van der Waals surface area contributed by atoms with E-state index < -0.39 is 11.6 Å². The van der Waals surface area contributed by atoms with E-state index in [4.69, 9.17) is 4.74 Å². The maximum Gasteiger partial charge on any atom is 0.224 e.